The molecule has 4 heteroatoms. The van der Waals surface area contributed by atoms with Crippen molar-refractivity contribution in [1.29, 1.82) is 0 Å². The van der Waals surface area contributed by atoms with Crippen molar-refractivity contribution in [2.24, 2.45) is 5.73 Å². The van der Waals surface area contributed by atoms with Gasteiger partial charge >= 0.3 is 5.97 Å². The van der Waals surface area contributed by atoms with Gasteiger partial charge in [0.2, 0.25) is 0 Å². The van der Waals surface area contributed by atoms with Crippen LogP contribution in [0.1, 0.15) is 25.1 Å². The van der Waals surface area contributed by atoms with Gasteiger partial charge in [-0.2, -0.15) is 0 Å². The van der Waals surface area contributed by atoms with Gasteiger partial charge in [-0.25, -0.2) is 0 Å². The van der Waals surface area contributed by atoms with Crippen molar-refractivity contribution in [3.8, 4) is 0 Å². The number of esters is 1. The molecule has 1 aromatic rings. The molecule has 72 valence electrons. The van der Waals surface area contributed by atoms with Crippen molar-refractivity contribution in [3.63, 3.8) is 0 Å². The largest absolute Gasteiger partial charge is 0.466 e. The van der Waals surface area contributed by atoms with Gasteiger partial charge in [-0.1, -0.05) is 0 Å². The average molecular weight is 182 g/mol. The van der Waals surface area contributed by atoms with Crippen LogP contribution in [0.15, 0.2) is 18.3 Å². The summed E-state index contributed by atoms with van der Waals surface area (Å²) in [5.74, 6) is -0.260. The summed E-state index contributed by atoms with van der Waals surface area (Å²) in [5.41, 5.74) is 6.59. The molecule has 0 aliphatic heterocycles. The molecule has 1 aromatic heterocycles. The Kier molecular flexibility index (Phi) is 3.52. The molecule has 0 bridgehead atoms. The van der Waals surface area contributed by atoms with Gasteiger partial charge in [0.1, 0.15) is 0 Å². The molecule has 0 aliphatic rings. The van der Waals surface area contributed by atoms with Crippen LogP contribution in [-0.4, -0.2) is 17.6 Å². The van der Waals surface area contributed by atoms with Crippen LogP contribution < -0.4 is 5.73 Å². The van der Waals surface area contributed by atoms with E-state index in [9.17, 15) is 4.79 Å². The second-order valence-corrected chi connectivity index (χ2v) is 2.74. The molecule has 1 atom stereocenters. The number of carbonyl (C=O) groups excluding carboxylic acids is 1. The quantitative estimate of drug-likeness (QED) is 0.682. The lowest BCUT2D eigenvalue weighted by molar-refractivity contribution is -0.143. The lowest BCUT2D eigenvalue weighted by Crippen LogP contribution is -2.17. The highest BCUT2D eigenvalue weighted by atomic mass is 16.5. The van der Waals surface area contributed by atoms with Gasteiger partial charge in [0.05, 0.1) is 19.1 Å². The number of hydrogen-bond donors (Lipinski definition) is 2. The highest BCUT2D eigenvalue weighted by molar-refractivity contribution is 5.70. The predicted octanol–water partition coefficient (Wildman–Crippen LogP) is 0.968. The van der Waals surface area contributed by atoms with E-state index in [1.807, 2.05) is 12.1 Å². The maximum Gasteiger partial charge on any atom is 0.307 e. The second kappa shape index (κ2) is 4.67. The van der Waals surface area contributed by atoms with E-state index in [2.05, 4.69) is 4.98 Å². The molecule has 1 heterocycles. The Morgan fingerprint density at radius 2 is 2.54 bits per heavy atom. The first kappa shape index (κ1) is 9.80. The number of rotatable bonds is 4. The molecule has 0 fully saturated rings. The van der Waals surface area contributed by atoms with Gasteiger partial charge in [-0.05, 0) is 19.1 Å². The first-order valence-electron chi connectivity index (χ1n) is 4.28. The lowest BCUT2D eigenvalue weighted by Gasteiger charge is -2.08. The molecular weight excluding hydrogens is 168 g/mol. The Balaban J connectivity index is 2.42. The monoisotopic (exact) mass is 182 g/mol. The fraction of sp³-hybridized carbons (Fsp3) is 0.444. The minimum Gasteiger partial charge on any atom is -0.466 e. The topological polar surface area (TPSA) is 68.1 Å². The molecule has 4 nitrogen and oxygen atoms in total. The van der Waals surface area contributed by atoms with Gasteiger partial charge in [-0.3, -0.25) is 4.79 Å². The van der Waals surface area contributed by atoms with Crippen molar-refractivity contribution in [1.82, 2.24) is 4.98 Å². The predicted molar refractivity (Wildman–Crippen MR) is 49.0 cm³/mol. The van der Waals surface area contributed by atoms with E-state index < -0.39 is 0 Å². The summed E-state index contributed by atoms with van der Waals surface area (Å²) in [6.07, 6.45) is 1.99. The summed E-state index contributed by atoms with van der Waals surface area (Å²) < 4.78 is 4.78. The normalized spacial score (nSPS) is 12.5. The molecule has 13 heavy (non-hydrogen) atoms. The van der Waals surface area contributed by atoms with Crippen LogP contribution in [0.4, 0.5) is 0 Å². The Labute approximate surface area is 77.1 Å². The Morgan fingerprint density at radius 3 is 3.08 bits per heavy atom. The zero-order valence-corrected chi connectivity index (χ0v) is 7.62. The molecular formula is C9H14N2O2. The molecule has 0 aliphatic carbocycles. The van der Waals surface area contributed by atoms with Crippen LogP contribution in [-0.2, 0) is 9.53 Å². The van der Waals surface area contributed by atoms with Crippen LogP contribution in [0, 0.1) is 0 Å². The minimum absolute atomic E-state index is 0.217. The summed E-state index contributed by atoms with van der Waals surface area (Å²) >= 11 is 0. The molecule has 0 saturated heterocycles. The molecule has 1 rings (SSSR count). The molecule has 0 aromatic carbocycles. The van der Waals surface area contributed by atoms with E-state index in [-0.39, 0.29) is 18.4 Å². The zero-order valence-electron chi connectivity index (χ0n) is 7.62. The molecule has 3 N–H and O–H groups in total. The standard InChI is InChI=1S/C9H14N2O2/c1-2-13-9(12)6-7(10)8-4-3-5-11-8/h3-5,7,11H,2,6,10H2,1H3/t7-/m1/s1. The van der Waals surface area contributed by atoms with Crippen LogP contribution >= 0.6 is 0 Å². The highest BCUT2D eigenvalue weighted by Crippen LogP contribution is 2.11. The van der Waals surface area contributed by atoms with Crippen LogP contribution in [0.25, 0.3) is 0 Å². The second-order valence-electron chi connectivity index (χ2n) is 2.74. The number of H-pyrrole nitrogens is 1. The number of aromatic amines is 1. The average Bonchev–Trinajstić information content (AvgIpc) is 2.55. The first-order chi connectivity index (χ1) is 6.24. The van der Waals surface area contributed by atoms with E-state index in [1.165, 1.54) is 0 Å². The smallest absolute Gasteiger partial charge is 0.307 e. The molecule has 0 unspecified atom stereocenters. The summed E-state index contributed by atoms with van der Waals surface area (Å²) in [5, 5.41) is 0. The molecule has 0 radical (unpaired) electrons. The Morgan fingerprint density at radius 1 is 1.77 bits per heavy atom. The zero-order chi connectivity index (χ0) is 9.68. The van der Waals surface area contributed by atoms with E-state index in [0.717, 1.165) is 5.69 Å². The van der Waals surface area contributed by atoms with Gasteiger partial charge in [-0.15, -0.1) is 0 Å². The summed E-state index contributed by atoms with van der Waals surface area (Å²) in [6, 6.07) is 3.40. The number of nitrogens with one attached hydrogen (secondary N) is 1. The molecule has 0 saturated carbocycles. The number of nitrogens with two attached hydrogens (primary N) is 1. The number of ether oxygens (including phenoxy) is 1. The van der Waals surface area contributed by atoms with E-state index >= 15 is 0 Å². The lowest BCUT2D eigenvalue weighted by atomic mass is 10.1. The fourth-order valence-electron chi connectivity index (χ4n) is 1.08. The Bertz CT molecular complexity index is 257. The number of carbonyl (C=O) groups is 1. The minimum atomic E-state index is -0.297. The maximum absolute atomic E-state index is 11.0. The van der Waals surface area contributed by atoms with Crippen LogP contribution in [0.3, 0.4) is 0 Å². The van der Waals surface area contributed by atoms with Crippen molar-refractivity contribution in [2.75, 3.05) is 6.61 Å². The maximum atomic E-state index is 11.0. The SMILES string of the molecule is CCOC(=O)C[C@@H](N)c1ccc[nH]1. The summed E-state index contributed by atoms with van der Waals surface area (Å²) in [4.78, 5) is 14.0. The van der Waals surface area contributed by atoms with Crippen molar-refractivity contribution < 1.29 is 9.53 Å². The van der Waals surface area contributed by atoms with Crippen LogP contribution in [0.5, 0.6) is 0 Å². The summed E-state index contributed by atoms with van der Waals surface area (Å²) in [7, 11) is 0. The first-order valence-corrected chi connectivity index (χ1v) is 4.28. The fourth-order valence-corrected chi connectivity index (χ4v) is 1.08. The molecule has 0 amide bonds. The van der Waals surface area contributed by atoms with Crippen molar-refractivity contribution in [3.05, 3.63) is 24.0 Å². The van der Waals surface area contributed by atoms with Gasteiger partial charge < -0.3 is 15.5 Å². The highest BCUT2D eigenvalue weighted by Gasteiger charge is 2.12. The Hall–Kier alpha value is -1.29. The van der Waals surface area contributed by atoms with Gasteiger partial charge in [0, 0.05) is 11.9 Å². The third-order valence-corrected chi connectivity index (χ3v) is 1.71. The number of aromatic nitrogens is 1. The van der Waals surface area contributed by atoms with Crippen LogP contribution in [0.2, 0.25) is 0 Å². The van der Waals surface area contributed by atoms with Crippen molar-refractivity contribution >= 4 is 5.97 Å². The number of hydrogen-bond acceptors (Lipinski definition) is 3. The third kappa shape index (κ3) is 2.91. The third-order valence-electron chi connectivity index (χ3n) is 1.71. The van der Waals surface area contributed by atoms with Gasteiger partial charge in [0.15, 0.2) is 0 Å². The summed E-state index contributed by atoms with van der Waals surface area (Å²) in [6.45, 7) is 2.17. The van der Waals surface area contributed by atoms with Crippen molar-refractivity contribution in [2.45, 2.75) is 19.4 Å². The van der Waals surface area contributed by atoms with Gasteiger partial charge in [0.25, 0.3) is 0 Å². The van der Waals surface area contributed by atoms with E-state index in [1.54, 1.807) is 13.1 Å². The molecule has 0 spiro atoms. The van der Waals surface area contributed by atoms with E-state index in [0.29, 0.717) is 6.61 Å². The van der Waals surface area contributed by atoms with E-state index in [4.69, 9.17) is 10.5 Å².